The zero-order valence-electron chi connectivity index (χ0n) is 14.3. The Morgan fingerprint density at radius 2 is 2.08 bits per heavy atom. The van der Waals surface area contributed by atoms with Gasteiger partial charge >= 0.3 is 5.97 Å². The van der Waals surface area contributed by atoms with Gasteiger partial charge < -0.3 is 15.0 Å². The van der Waals surface area contributed by atoms with Crippen LogP contribution in [0.2, 0.25) is 0 Å². The summed E-state index contributed by atoms with van der Waals surface area (Å²) in [7, 11) is 0. The van der Waals surface area contributed by atoms with Crippen LogP contribution in [-0.2, 0) is 16.8 Å². The molecule has 2 aliphatic heterocycles. The number of amides is 1. The highest BCUT2D eigenvalue weighted by Gasteiger charge is 2.41. The average Bonchev–Trinajstić information content (AvgIpc) is 3.02. The Balaban J connectivity index is 2.07. The highest BCUT2D eigenvalue weighted by molar-refractivity contribution is 5.98. The van der Waals surface area contributed by atoms with Gasteiger partial charge in [0.1, 0.15) is 5.69 Å². The zero-order chi connectivity index (χ0) is 17.6. The Morgan fingerprint density at radius 1 is 1.28 bits per heavy atom. The molecule has 1 atom stereocenters. The maximum atomic E-state index is 12.4. The van der Waals surface area contributed by atoms with E-state index in [0.29, 0.717) is 12.1 Å². The number of hydrogen-bond acceptors (Lipinski definition) is 2. The SMILES string of the molecule is CC[C@]12CCCn3c(C(=O)O)cc(c31)-c1ccccc1NC(=O)CC2. The minimum atomic E-state index is -0.891. The normalized spacial score (nSPS) is 22.0. The summed E-state index contributed by atoms with van der Waals surface area (Å²) in [5.74, 6) is -0.862. The molecule has 1 aromatic heterocycles. The fourth-order valence-corrected chi connectivity index (χ4v) is 4.59. The largest absolute Gasteiger partial charge is 0.477 e. The van der Waals surface area contributed by atoms with Gasteiger partial charge in [-0.15, -0.1) is 0 Å². The van der Waals surface area contributed by atoms with Gasteiger partial charge in [-0.25, -0.2) is 4.79 Å². The van der Waals surface area contributed by atoms with E-state index in [2.05, 4.69) is 12.2 Å². The first-order valence-electron chi connectivity index (χ1n) is 8.92. The zero-order valence-corrected chi connectivity index (χ0v) is 14.3. The molecule has 0 aliphatic carbocycles. The van der Waals surface area contributed by atoms with Crippen molar-refractivity contribution in [2.75, 3.05) is 5.32 Å². The maximum absolute atomic E-state index is 12.4. The molecular weight excluding hydrogens is 316 g/mol. The molecule has 5 heteroatoms. The second kappa shape index (κ2) is 5.76. The Morgan fingerprint density at radius 3 is 2.84 bits per heavy atom. The minimum absolute atomic E-state index is 0.0287. The van der Waals surface area contributed by atoms with E-state index < -0.39 is 5.97 Å². The minimum Gasteiger partial charge on any atom is -0.477 e. The van der Waals surface area contributed by atoms with Crippen LogP contribution < -0.4 is 5.32 Å². The third-order valence-electron chi connectivity index (χ3n) is 5.85. The molecule has 1 amide bonds. The molecule has 0 spiro atoms. The van der Waals surface area contributed by atoms with Crippen molar-refractivity contribution in [3.05, 3.63) is 41.7 Å². The number of aromatic carboxylic acids is 1. The lowest BCUT2D eigenvalue weighted by Gasteiger charge is -2.39. The van der Waals surface area contributed by atoms with E-state index in [1.807, 2.05) is 28.8 Å². The van der Waals surface area contributed by atoms with Crippen molar-refractivity contribution in [1.82, 2.24) is 4.57 Å². The molecule has 2 aromatic rings. The molecule has 25 heavy (non-hydrogen) atoms. The van der Waals surface area contributed by atoms with Gasteiger partial charge in [0.2, 0.25) is 5.91 Å². The number of aromatic nitrogens is 1. The molecule has 5 nitrogen and oxygen atoms in total. The molecule has 0 saturated heterocycles. The van der Waals surface area contributed by atoms with E-state index in [4.69, 9.17) is 0 Å². The Hall–Kier alpha value is -2.56. The van der Waals surface area contributed by atoms with Crippen LogP contribution in [-0.4, -0.2) is 21.6 Å². The third-order valence-corrected chi connectivity index (χ3v) is 5.85. The molecule has 130 valence electrons. The lowest BCUT2D eigenvalue weighted by molar-refractivity contribution is -0.116. The van der Waals surface area contributed by atoms with E-state index in [-0.39, 0.29) is 11.3 Å². The van der Waals surface area contributed by atoms with Gasteiger partial charge in [0.25, 0.3) is 0 Å². The van der Waals surface area contributed by atoms with Gasteiger partial charge in [0.15, 0.2) is 0 Å². The van der Waals surface area contributed by atoms with E-state index in [1.165, 1.54) is 0 Å². The summed E-state index contributed by atoms with van der Waals surface area (Å²) in [5, 5.41) is 12.7. The molecule has 4 rings (SSSR count). The predicted molar refractivity (Wildman–Crippen MR) is 95.9 cm³/mol. The number of anilines is 1. The van der Waals surface area contributed by atoms with Crippen LogP contribution in [0, 0.1) is 0 Å². The predicted octanol–water partition coefficient (Wildman–Crippen LogP) is 4.03. The van der Waals surface area contributed by atoms with Gasteiger partial charge in [0.05, 0.1) is 0 Å². The van der Waals surface area contributed by atoms with Crippen LogP contribution in [0.25, 0.3) is 11.1 Å². The summed E-state index contributed by atoms with van der Waals surface area (Å²) in [5.41, 5.74) is 3.93. The van der Waals surface area contributed by atoms with E-state index in [1.54, 1.807) is 6.07 Å². The van der Waals surface area contributed by atoms with Gasteiger partial charge in [-0.1, -0.05) is 25.1 Å². The number of nitrogens with one attached hydrogen (secondary N) is 1. The molecular formula is C20H22N2O3. The van der Waals surface area contributed by atoms with Crippen molar-refractivity contribution >= 4 is 17.6 Å². The van der Waals surface area contributed by atoms with Crippen molar-refractivity contribution in [2.45, 2.75) is 51.0 Å². The Labute approximate surface area is 146 Å². The standard InChI is InChI=1S/C20H22N2O3/c1-2-20-9-5-11-22-16(19(24)25)12-14(18(20)22)13-6-3-4-7-15(13)21-17(23)8-10-20/h3-4,6-7,12H,2,5,8-11H2,1H3,(H,21,23)(H,24,25)/t20-/m1/s1. The summed E-state index contributed by atoms with van der Waals surface area (Å²) in [6, 6.07) is 9.48. The monoisotopic (exact) mass is 338 g/mol. The second-order valence-electron chi connectivity index (χ2n) is 7.08. The Kier molecular flexibility index (Phi) is 3.67. The Bertz CT molecular complexity index is 868. The third kappa shape index (κ3) is 2.37. The van der Waals surface area contributed by atoms with Gasteiger partial charge in [-0.2, -0.15) is 0 Å². The molecule has 2 N–H and O–H groups in total. The van der Waals surface area contributed by atoms with Crippen molar-refractivity contribution in [1.29, 1.82) is 0 Å². The molecule has 0 fully saturated rings. The van der Waals surface area contributed by atoms with Crippen LogP contribution in [0.4, 0.5) is 5.69 Å². The molecule has 1 aromatic carbocycles. The number of carboxylic acids is 1. The number of fused-ring (bicyclic) bond motifs is 2. The summed E-state index contributed by atoms with van der Waals surface area (Å²) in [6.45, 7) is 2.87. The molecule has 2 aliphatic rings. The highest BCUT2D eigenvalue weighted by Crippen LogP contribution is 2.48. The van der Waals surface area contributed by atoms with Crippen LogP contribution in [0.5, 0.6) is 0 Å². The molecule has 0 unspecified atom stereocenters. The number of carbonyl (C=O) groups excluding carboxylic acids is 1. The van der Waals surface area contributed by atoms with Gasteiger partial charge in [-0.3, -0.25) is 4.79 Å². The lowest BCUT2D eigenvalue weighted by atomic mass is 9.70. The summed E-state index contributed by atoms with van der Waals surface area (Å²) in [4.78, 5) is 24.2. The van der Waals surface area contributed by atoms with E-state index in [9.17, 15) is 14.7 Å². The van der Waals surface area contributed by atoms with Crippen molar-refractivity contribution < 1.29 is 14.7 Å². The summed E-state index contributed by atoms with van der Waals surface area (Å²) >= 11 is 0. The number of benzene rings is 1. The first kappa shape index (κ1) is 15.9. The maximum Gasteiger partial charge on any atom is 0.352 e. The quantitative estimate of drug-likeness (QED) is 0.868. The van der Waals surface area contributed by atoms with Crippen LogP contribution in [0.3, 0.4) is 0 Å². The summed E-state index contributed by atoms with van der Waals surface area (Å²) in [6.07, 6.45) is 4.04. The number of para-hydroxylation sites is 1. The smallest absolute Gasteiger partial charge is 0.352 e. The van der Waals surface area contributed by atoms with Crippen LogP contribution in [0.1, 0.15) is 55.2 Å². The summed E-state index contributed by atoms with van der Waals surface area (Å²) < 4.78 is 1.98. The van der Waals surface area contributed by atoms with Crippen molar-refractivity contribution in [3.8, 4) is 11.1 Å². The van der Waals surface area contributed by atoms with Gasteiger partial charge in [0, 0.05) is 40.9 Å². The fraction of sp³-hybridized carbons (Fsp3) is 0.400. The second-order valence-corrected chi connectivity index (χ2v) is 7.08. The van der Waals surface area contributed by atoms with Crippen LogP contribution in [0.15, 0.2) is 30.3 Å². The van der Waals surface area contributed by atoms with Crippen molar-refractivity contribution in [2.24, 2.45) is 0 Å². The van der Waals surface area contributed by atoms with Crippen LogP contribution >= 0.6 is 0 Å². The number of rotatable bonds is 2. The molecule has 3 heterocycles. The molecule has 0 saturated carbocycles. The number of nitrogens with zero attached hydrogens (tertiary/aromatic N) is 1. The number of carboxylic acid groups (broad SMARTS) is 1. The topological polar surface area (TPSA) is 71.3 Å². The number of carbonyl (C=O) groups is 2. The van der Waals surface area contributed by atoms with Crippen molar-refractivity contribution in [3.63, 3.8) is 0 Å². The molecule has 0 bridgehead atoms. The first-order chi connectivity index (χ1) is 12.1. The molecule has 0 radical (unpaired) electrons. The average molecular weight is 338 g/mol. The van der Waals surface area contributed by atoms with Gasteiger partial charge in [-0.05, 0) is 37.8 Å². The fourth-order valence-electron chi connectivity index (χ4n) is 4.59. The first-order valence-corrected chi connectivity index (χ1v) is 8.92. The van der Waals surface area contributed by atoms with E-state index in [0.717, 1.165) is 54.7 Å². The van der Waals surface area contributed by atoms with E-state index >= 15 is 0 Å². The lowest BCUT2D eigenvalue weighted by Crippen LogP contribution is -2.35. The number of hydrogen-bond donors (Lipinski definition) is 2. The highest BCUT2D eigenvalue weighted by atomic mass is 16.4.